The number of carbonyl (C=O) groups is 1. The van der Waals surface area contributed by atoms with Crippen molar-refractivity contribution in [3.05, 3.63) is 27.7 Å². The van der Waals surface area contributed by atoms with Crippen LogP contribution in [0.2, 0.25) is 0 Å². The van der Waals surface area contributed by atoms with Gasteiger partial charge in [0.2, 0.25) is 5.43 Å². The quantitative estimate of drug-likeness (QED) is 0.693. The highest BCUT2D eigenvalue weighted by Gasteiger charge is 2.29. The number of nitrogens with one attached hydrogen (secondary N) is 1. The molecule has 1 aromatic heterocycles. The molecule has 2 heterocycles. The molecule has 0 aromatic carbocycles. The van der Waals surface area contributed by atoms with Gasteiger partial charge in [0.05, 0.1) is 18.9 Å². The zero-order valence-electron chi connectivity index (χ0n) is 12.8. The van der Waals surface area contributed by atoms with Crippen LogP contribution in [0.3, 0.4) is 0 Å². The Bertz CT molecular complexity index is 599. The normalized spacial score (nSPS) is 13.9. The van der Waals surface area contributed by atoms with Crippen molar-refractivity contribution >= 4 is 5.91 Å². The Morgan fingerprint density at radius 1 is 1.36 bits per heavy atom. The lowest BCUT2D eigenvalue weighted by Crippen LogP contribution is -2.48. The standard InChI is InChI=1S/C14H21N3O5/c1-3-5-22-8-10-7-11(18)13(19)12-14(20)16(4-6-21-2)9-15-17(10)12/h7,15,19H,3-6,8-9H2,1-2H3. The molecule has 0 saturated carbocycles. The van der Waals surface area contributed by atoms with E-state index in [0.717, 1.165) is 6.42 Å². The number of ether oxygens (including phenoxy) is 2. The molecule has 2 rings (SSSR count). The Kier molecular flexibility index (Phi) is 5.40. The number of methoxy groups -OCH3 is 1. The van der Waals surface area contributed by atoms with Gasteiger partial charge in [-0.3, -0.25) is 14.3 Å². The average molecular weight is 311 g/mol. The molecule has 0 saturated heterocycles. The lowest BCUT2D eigenvalue weighted by molar-refractivity contribution is 0.0653. The summed E-state index contributed by atoms with van der Waals surface area (Å²) in [6, 6.07) is 1.28. The van der Waals surface area contributed by atoms with Gasteiger partial charge in [0.1, 0.15) is 6.67 Å². The molecule has 0 spiro atoms. The summed E-state index contributed by atoms with van der Waals surface area (Å²) in [5.74, 6) is -0.971. The fourth-order valence-electron chi connectivity index (χ4n) is 2.21. The molecule has 0 radical (unpaired) electrons. The minimum absolute atomic E-state index is 0.0649. The smallest absolute Gasteiger partial charge is 0.277 e. The fraction of sp³-hybridized carbons (Fsp3) is 0.571. The molecule has 1 amide bonds. The first-order valence-corrected chi connectivity index (χ1v) is 7.17. The number of amides is 1. The Hall–Kier alpha value is -2.06. The second-order valence-corrected chi connectivity index (χ2v) is 4.96. The van der Waals surface area contributed by atoms with Gasteiger partial charge in [0.25, 0.3) is 5.91 Å². The van der Waals surface area contributed by atoms with Gasteiger partial charge in [0.15, 0.2) is 11.4 Å². The number of carbonyl (C=O) groups excluding carboxylic acids is 1. The molecule has 122 valence electrons. The molecule has 1 aromatic rings. The zero-order chi connectivity index (χ0) is 16.1. The van der Waals surface area contributed by atoms with E-state index in [9.17, 15) is 14.7 Å². The van der Waals surface area contributed by atoms with Gasteiger partial charge in [-0.1, -0.05) is 6.92 Å². The average Bonchev–Trinajstić information content (AvgIpc) is 2.51. The van der Waals surface area contributed by atoms with Crippen molar-refractivity contribution in [1.82, 2.24) is 9.58 Å². The number of hydrogen-bond donors (Lipinski definition) is 2. The predicted molar refractivity (Wildman–Crippen MR) is 79.5 cm³/mol. The first-order valence-electron chi connectivity index (χ1n) is 7.17. The van der Waals surface area contributed by atoms with Crippen LogP contribution in [0.5, 0.6) is 5.75 Å². The Labute approximate surface area is 128 Å². The molecule has 0 fully saturated rings. The fourth-order valence-corrected chi connectivity index (χ4v) is 2.21. The number of rotatable bonds is 7. The summed E-state index contributed by atoms with van der Waals surface area (Å²) in [4.78, 5) is 25.8. The van der Waals surface area contributed by atoms with E-state index in [4.69, 9.17) is 9.47 Å². The lowest BCUT2D eigenvalue weighted by atomic mass is 10.2. The molecule has 0 atom stereocenters. The molecule has 8 nitrogen and oxygen atoms in total. The number of nitrogens with zero attached hydrogens (tertiary/aromatic N) is 2. The summed E-state index contributed by atoms with van der Waals surface area (Å²) in [6.07, 6.45) is 0.853. The summed E-state index contributed by atoms with van der Waals surface area (Å²) in [5.41, 5.74) is 2.85. The first-order chi connectivity index (χ1) is 10.6. The third-order valence-corrected chi connectivity index (χ3v) is 3.34. The van der Waals surface area contributed by atoms with Crippen molar-refractivity contribution in [2.45, 2.75) is 20.0 Å². The Morgan fingerprint density at radius 2 is 2.14 bits per heavy atom. The van der Waals surface area contributed by atoms with E-state index in [1.54, 1.807) is 7.11 Å². The van der Waals surface area contributed by atoms with Crippen LogP contribution in [0.4, 0.5) is 0 Å². The zero-order valence-corrected chi connectivity index (χ0v) is 12.8. The van der Waals surface area contributed by atoms with E-state index in [1.165, 1.54) is 15.6 Å². The monoisotopic (exact) mass is 311 g/mol. The summed E-state index contributed by atoms with van der Waals surface area (Å²) in [6.45, 7) is 3.73. The highest BCUT2D eigenvalue weighted by molar-refractivity contribution is 5.96. The third kappa shape index (κ3) is 3.23. The maximum Gasteiger partial charge on any atom is 0.277 e. The van der Waals surface area contributed by atoms with Crippen LogP contribution in [-0.4, -0.2) is 54.1 Å². The molecule has 0 aliphatic carbocycles. The van der Waals surface area contributed by atoms with Gasteiger partial charge in [0, 0.05) is 26.3 Å². The highest BCUT2D eigenvalue weighted by atomic mass is 16.5. The highest BCUT2D eigenvalue weighted by Crippen LogP contribution is 2.19. The van der Waals surface area contributed by atoms with Crippen molar-refractivity contribution in [3.8, 4) is 5.75 Å². The van der Waals surface area contributed by atoms with Crippen molar-refractivity contribution in [1.29, 1.82) is 0 Å². The molecule has 0 unspecified atom stereocenters. The molecule has 22 heavy (non-hydrogen) atoms. The number of hydrogen-bond acceptors (Lipinski definition) is 6. The van der Waals surface area contributed by atoms with E-state index >= 15 is 0 Å². The number of aromatic nitrogens is 1. The van der Waals surface area contributed by atoms with Crippen LogP contribution in [-0.2, 0) is 16.1 Å². The molecule has 8 heteroatoms. The van der Waals surface area contributed by atoms with Gasteiger partial charge in [-0.2, -0.15) is 0 Å². The van der Waals surface area contributed by atoms with E-state index in [1.807, 2.05) is 6.92 Å². The number of pyridine rings is 1. The van der Waals surface area contributed by atoms with Crippen LogP contribution >= 0.6 is 0 Å². The molecule has 1 aliphatic heterocycles. The van der Waals surface area contributed by atoms with Crippen molar-refractivity contribution in [2.75, 3.05) is 39.0 Å². The van der Waals surface area contributed by atoms with E-state index in [2.05, 4.69) is 5.43 Å². The summed E-state index contributed by atoms with van der Waals surface area (Å²) in [5, 5.41) is 9.96. The second-order valence-electron chi connectivity index (χ2n) is 4.96. The van der Waals surface area contributed by atoms with E-state index in [0.29, 0.717) is 25.5 Å². The van der Waals surface area contributed by atoms with Crippen LogP contribution in [0, 0.1) is 0 Å². The maximum atomic E-state index is 12.4. The van der Waals surface area contributed by atoms with Gasteiger partial charge >= 0.3 is 0 Å². The second kappa shape index (κ2) is 7.28. The van der Waals surface area contributed by atoms with E-state index in [-0.39, 0.29) is 19.0 Å². The van der Waals surface area contributed by atoms with Crippen LogP contribution in [0.25, 0.3) is 0 Å². The SMILES string of the molecule is CCCOCc1cc(=O)c(O)c2n1NCN(CCOC)C2=O. The van der Waals surface area contributed by atoms with Gasteiger partial charge in [-0.05, 0) is 6.42 Å². The van der Waals surface area contributed by atoms with Gasteiger partial charge < -0.3 is 24.9 Å². The first kappa shape index (κ1) is 16.3. The number of fused-ring (bicyclic) bond motifs is 1. The number of aromatic hydroxyl groups is 1. The Balaban J connectivity index is 2.33. The minimum Gasteiger partial charge on any atom is -0.502 e. The van der Waals surface area contributed by atoms with Crippen molar-refractivity contribution < 1.29 is 19.4 Å². The predicted octanol–water partition coefficient (Wildman–Crippen LogP) is 0.0837. The maximum absolute atomic E-state index is 12.4. The minimum atomic E-state index is -0.593. The topological polar surface area (TPSA) is 93.0 Å². The van der Waals surface area contributed by atoms with Gasteiger partial charge in [-0.15, -0.1) is 0 Å². The molecule has 0 bridgehead atoms. The summed E-state index contributed by atoms with van der Waals surface area (Å²) >= 11 is 0. The van der Waals surface area contributed by atoms with Crippen molar-refractivity contribution in [2.24, 2.45) is 0 Å². The van der Waals surface area contributed by atoms with Crippen LogP contribution < -0.4 is 10.9 Å². The van der Waals surface area contributed by atoms with Gasteiger partial charge in [-0.25, -0.2) is 0 Å². The third-order valence-electron chi connectivity index (χ3n) is 3.34. The van der Waals surface area contributed by atoms with Crippen LogP contribution in [0.1, 0.15) is 29.5 Å². The Morgan fingerprint density at radius 3 is 2.82 bits per heavy atom. The molecule has 2 N–H and O–H groups in total. The lowest BCUT2D eigenvalue weighted by Gasteiger charge is -2.32. The summed E-state index contributed by atoms with van der Waals surface area (Å²) < 4.78 is 11.8. The molecule has 1 aliphatic rings. The van der Waals surface area contributed by atoms with Crippen molar-refractivity contribution in [3.63, 3.8) is 0 Å². The summed E-state index contributed by atoms with van der Waals surface area (Å²) in [7, 11) is 1.54. The largest absolute Gasteiger partial charge is 0.502 e. The van der Waals surface area contributed by atoms with Crippen LogP contribution in [0.15, 0.2) is 10.9 Å². The molecular weight excluding hydrogens is 290 g/mol. The molecular formula is C14H21N3O5. The van der Waals surface area contributed by atoms with E-state index < -0.39 is 17.1 Å².